The Morgan fingerprint density at radius 2 is 1.72 bits per heavy atom. The lowest BCUT2D eigenvalue weighted by atomic mass is 10.0. The molecular formula is C39H46N12O6. The smallest absolute Gasteiger partial charge is 0.320 e. The zero-order valence-electron chi connectivity index (χ0n) is 31.9. The first-order valence-corrected chi connectivity index (χ1v) is 19.7. The van der Waals surface area contributed by atoms with Gasteiger partial charge in [0.05, 0.1) is 47.0 Å². The van der Waals surface area contributed by atoms with Gasteiger partial charge < -0.3 is 30.7 Å². The molecule has 298 valence electrons. The maximum absolute atomic E-state index is 13.4. The van der Waals surface area contributed by atoms with E-state index in [0.29, 0.717) is 37.1 Å². The van der Waals surface area contributed by atoms with Gasteiger partial charge in [-0.15, -0.1) is 0 Å². The first-order valence-electron chi connectivity index (χ1n) is 19.7. The lowest BCUT2D eigenvalue weighted by Crippen LogP contribution is -2.54. The number of hydrogen-bond donors (Lipinski definition) is 3. The summed E-state index contributed by atoms with van der Waals surface area (Å²) in [6, 6.07) is 8.36. The van der Waals surface area contributed by atoms with Gasteiger partial charge >= 0.3 is 6.03 Å². The van der Waals surface area contributed by atoms with Crippen LogP contribution in [0.3, 0.4) is 0 Å². The molecule has 1 aromatic carbocycles. The number of rotatable bonds is 9. The fourth-order valence-corrected chi connectivity index (χ4v) is 9.28. The number of anilines is 4. The number of carbonyl (C=O) groups is 6. The molecule has 4 N–H and O–H groups in total. The second-order valence-corrected chi connectivity index (χ2v) is 16.0. The van der Waals surface area contributed by atoms with Crippen molar-refractivity contribution in [1.82, 2.24) is 39.7 Å². The molecule has 6 aliphatic heterocycles. The van der Waals surface area contributed by atoms with Crippen LogP contribution in [0.5, 0.6) is 0 Å². The number of fused-ring (bicyclic) bond motifs is 2. The molecule has 57 heavy (non-hydrogen) atoms. The summed E-state index contributed by atoms with van der Waals surface area (Å²) in [5.41, 5.74) is 9.69. The molecule has 0 saturated carbocycles. The monoisotopic (exact) mass is 778 g/mol. The van der Waals surface area contributed by atoms with E-state index in [1.807, 2.05) is 34.8 Å². The van der Waals surface area contributed by atoms with Crippen LogP contribution >= 0.6 is 0 Å². The van der Waals surface area contributed by atoms with Crippen LogP contribution in [0.15, 0.2) is 36.5 Å². The molecule has 0 spiro atoms. The van der Waals surface area contributed by atoms with Gasteiger partial charge in [-0.25, -0.2) is 9.78 Å². The molecule has 7 amide bonds. The Morgan fingerprint density at radius 3 is 2.51 bits per heavy atom. The lowest BCUT2D eigenvalue weighted by molar-refractivity contribution is -0.136. The van der Waals surface area contributed by atoms with Crippen molar-refractivity contribution in [2.24, 2.45) is 11.7 Å². The third-order valence-corrected chi connectivity index (χ3v) is 12.3. The minimum atomic E-state index is -0.992. The fourth-order valence-electron chi connectivity index (χ4n) is 9.28. The molecule has 4 saturated heterocycles. The maximum Gasteiger partial charge on any atom is 0.320 e. The number of hydrogen-bond acceptors (Lipinski definition) is 12. The summed E-state index contributed by atoms with van der Waals surface area (Å²) >= 11 is 0. The van der Waals surface area contributed by atoms with Crippen LogP contribution in [0.25, 0.3) is 0 Å². The number of nitrogens with one attached hydrogen (secondary N) is 2. The first kappa shape index (κ1) is 36.6. The van der Waals surface area contributed by atoms with E-state index in [2.05, 4.69) is 30.3 Å². The molecular weight excluding hydrogens is 733 g/mol. The molecule has 0 bridgehead atoms. The number of benzene rings is 1. The first-order chi connectivity index (χ1) is 27.5. The van der Waals surface area contributed by atoms with Crippen molar-refractivity contribution >= 4 is 58.4 Å². The highest BCUT2D eigenvalue weighted by Crippen LogP contribution is 2.34. The standard InChI is InChI=1S/C39H46N12O6/c1-45-11-13-49(39(45)57)25-3-2-9-47(22-25)26-16-30(34(35(40)53)41-18-26)42-32-17-27-21-46(12-14-50(27)44-32)19-23-8-10-48(20-23)24-4-5-28-29(15-24)38(56)51(37(28)55)31-6-7-33(52)43-36(31)54/h4-5,15-18,23,25,31H,2-3,6-14,19-22H2,1H3,(H2,40,53)(H,42,44)(H,43,52,54). The maximum atomic E-state index is 13.4. The van der Waals surface area contributed by atoms with Crippen LogP contribution < -0.4 is 26.2 Å². The van der Waals surface area contributed by atoms with Crippen LogP contribution in [0.2, 0.25) is 0 Å². The van der Waals surface area contributed by atoms with E-state index >= 15 is 0 Å². The molecule has 3 atom stereocenters. The average Bonchev–Trinajstić information content (AvgIpc) is 3.97. The van der Waals surface area contributed by atoms with Crippen LogP contribution in [0.4, 0.5) is 27.7 Å². The van der Waals surface area contributed by atoms with Gasteiger partial charge in [0.25, 0.3) is 17.7 Å². The highest BCUT2D eigenvalue weighted by molar-refractivity contribution is 6.23. The van der Waals surface area contributed by atoms with Crippen molar-refractivity contribution in [2.75, 3.05) is 74.5 Å². The SMILES string of the molecule is CN1CCN(C2CCCN(c3cnc(C(N)=O)c(Nc4cc5n(n4)CCN(CC4CCN(c6ccc7c(c6)C(=O)N(C6CCC(=O)NC6=O)C7=O)C4)C5)c3)C2)C1=O. The summed E-state index contributed by atoms with van der Waals surface area (Å²) in [7, 11) is 1.83. The quantitative estimate of drug-likeness (QED) is 0.263. The molecule has 9 rings (SSSR count). The number of carbonyl (C=O) groups excluding carboxylic acids is 6. The van der Waals surface area contributed by atoms with Gasteiger partial charge in [-0.3, -0.25) is 43.8 Å². The summed E-state index contributed by atoms with van der Waals surface area (Å²) in [6.45, 7) is 7.67. The van der Waals surface area contributed by atoms with Gasteiger partial charge in [-0.2, -0.15) is 5.10 Å². The molecule has 0 aliphatic carbocycles. The Hall–Kier alpha value is -6.04. The minimum Gasteiger partial charge on any atom is -0.371 e. The molecule has 18 heteroatoms. The number of primary amides is 1. The van der Waals surface area contributed by atoms with E-state index < -0.39 is 35.6 Å². The zero-order chi connectivity index (χ0) is 39.5. The summed E-state index contributed by atoms with van der Waals surface area (Å²) in [5.74, 6) is -1.69. The van der Waals surface area contributed by atoms with Gasteiger partial charge in [-0.1, -0.05) is 0 Å². The number of urea groups is 1. The lowest BCUT2D eigenvalue weighted by Gasteiger charge is -2.38. The number of nitrogens with two attached hydrogens (primary N) is 1. The van der Waals surface area contributed by atoms with E-state index in [-0.39, 0.29) is 41.7 Å². The van der Waals surface area contributed by atoms with E-state index in [1.54, 1.807) is 23.2 Å². The predicted molar refractivity (Wildman–Crippen MR) is 207 cm³/mol. The van der Waals surface area contributed by atoms with Crippen molar-refractivity contribution in [2.45, 2.75) is 57.3 Å². The number of amides is 7. The second-order valence-electron chi connectivity index (χ2n) is 16.0. The molecule has 0 radical (unpaired) electrons. The fraction of sp³-hybridized carbons (Fsp3) is 0.487. The van der Waals surface area contributed by atoms with Crippen molar-refractivity contribution in [3.63, 3.8) is 0 Å². The van der Waals surface area contributed by atoms with Crippen molar-refractivity contribution in [3.8, 4) is 0 Å². The van der Waals surface area contributed by atoms with E-state index in [9.17, 15) is 28.8 Å². The van der Waals surface area contributed by atoms with Crippen LogP contribution in [0, 0.1) is 5.92 Å². The minimum absolute atomic E-state index is 0.0649. The van der Waals surface area contributed by atoms with Crippen molar-refractivity contribution in [1.29, 1.82) is 0 Å². The highest BCUT2D eigenvalue weighted by atomic mass is 16.2. The number of piperidine rings is 2. The van der Waals surface area contributed by atoms with Gasteiger partial charge in [0.15, 0.2) is 11.5 Å². The Balaban J connectivity index is 0.827. The normalized spacial score (nSPS) is 24.1. The molecule has 2 aromatic heterocycles. The number of likely N-dealkylation sites (N-methyl/N-ethyl adjacent to an activating group) is 1. The summed E-state index contributed by atoms with van der Waals surface area (Å²) in [4.78, 5) is 91.9. The number of nitrogens with zero attached hydrogens (tertiary/aromatic N) is 9. The highest BCUT2D eigenvalue weighted by Gasteiger charge is 2.45. The molecule has 18 nitrogen and oxygen atoms in total. The van der Waals surface area contributed by atoms with E-state index in [1.165, 1.54) is 0 Å². The van der Waals surface area contributed by atoms with E-state index in [0.717, 1.165) is 87.0 Å². The van der Waals surface area contributed by atoms with Crippen molar-refractivity contribution in [3.05, 3.63) is 59.0 Å². The predicted octanol–water partition coefficient (Wildman–Crippen LogP) is 1.20. The number of aromatic nitrogens is 3. The van der Waals surface area contributed by atoms with Crippen LogP contribution in [0.1, 0.15) is 69.0 Å². The summed E-state index contributed by atoms with van der Waals surface area (Å²) in [6.07, 6.45) is 4.72. The molecule has 3 aromatic rings. The van der Waals surface area contributed by atoms with Crippen molar-refractivity contribution < 1.29 is 28.8 Å². The van der Waals surface area contributed by atoms with Crippen LogP contribution in [-0.2, 0) is 22.7 Å². The Labute approximate surface area is 328 Å². The summed E-state index contributed by atoms with van der Waals surface area (Å²) in [5, 5.41) is 10.4. The van der Waals surface area contributed by atoms with Gasteiger partial charge in [0, 0.05) is 84.1 Å². The molecule has 8 heterocycles. The largest absolute Gasteiger partial charge is 0.371 e. The average molecular weight is 779 g/mol. The number of pyridine rings is 1. The second kappa shape index (κ2) is 14.5. The van der Waals surface area contributed by atoms with Gasteiger partial charge in [-0.05, 0) is 55.9 Å². The third kappa shape index (κ3) is 6.80. The zero-order valence-corrected chi connectivity index (χ0v) is 31.9. The topological polar surface area (TPSA) is 203 Å². The van der Waals surface area contributed by atoms with Gasteiger partial charge in [0.1, 0.15) is 6.04 Å². The molecule has 4 fully saturated rings. The molecule has 6 aliphatic rings. The summed E-state index contributed by atoms with van der Waals surface area (Å²) < 4.78 is 1.99. The Bertz CT molecular complexity index is 2190. The molecule has 3 unspecified atom stereocenters. The number of imide groups is 2. The van der Waals surface area contributed by atoms with E-state index in [4.69, 9.17) is 10.8 Å². The van der Waals surface area contributed by atoms with Crippen LogP contribution in [-0.4, -0.2) is 141 Å². The third-order valence-electron chi connectivity index (χ3n) is 12.3. The Kier molecular flexibility index (Phi) is 9.29. The van der Waals surface area contributed by atoms with Gasteiger partial charge in [0.2, 0.25) is 11.8 Å². The Morgan fingerprint density at radius 1 is 0.895 bits per heavy atom.